The van der Waals surface area contributed by atoms with Crippen molar-refractivity contribution >= 4 is 32.8 Å². The molecule has 1 aromatic carbocycles. The molecular formula is C16H18N4O3S2. The summed E-state index contributed by atoms with van der Waals surface area (Å²) in [5, 5.41) is 4.02. The first-order chi connectivity index (χ1) is 11.8. The minimum Gasteiger partial charge on any atom is -0.309 e. The molecule has 3 rings (SSSR count). The number of sulfone groups is 1. The van der Waals surface area contributed by atoms with Crippen molar-refractivity contribution in [1.82, 2.24) is 19.2 Å². The number of nitrogens with zero attached hydrogens (tertiary/aromatic N) is 3. The van der Waals surface area contributed by atoms with Gasteiger partial charge >= 0.3 is 0 Å². The van der Waals surface area contributed by atoms with Crippen LogP contribution in [0.1, 0.15) is 31.2 Å². The molecule has 2 aromatic heterocycles. The van der Waals surface area contributed by atoms with E-state index in [4.69, 9.17) is 0 Å². The van der Waals surface area contributed by atoms with Crippen LogP contribution in [0.3, 0.4) is 0 Å². The summed E-state index contributed by atoms with van der Waals surface area (Å²) in [6.07, 6.45) is 1.69. The normalized spacial score (nSPS) is 12.2. The molecule has 0 radical (unpaired) electrons. The third-order valence-electron chi connectivity index (χ3n) is 3.87. The van der Waals surface area contributed by atoms with Crippen LogP contribution in [0.5, 0.6) is 0 Å². The summed E-state index contributed by atoms with van der Waals surface area (Å²) in [4.78, 5) is 19.0. The molecule has 0 fully saturated rings. The van der Waals surface area contributed by atoms with E-state index in [0.717, 1.165) is 17.5 Å². The standard InChI is InChI=1S/C16H18N4O3S2/c1-9(2)11-5-7-12(8-6-11)25(22,23)16-14-13(19-20(16)24-4)15(21)18-10(3)17-14/h5-9H,1-4H3,(H,17,18,21). The Kier molecular flexibility index (Phi) is 4.46. The van der Waals surface area contributed by atoms with Gasteiger partial charge in [0.2, 0.25) is 9.84 Å². The molecule has 7 nitrogen and oxygen atoms in total. The van der Waals surface area contributed by atoms with Gasteiger partial charge in [0.25, 0.3) is 5.56 Å². The van der Waals surface area contributed by atoms with Gasteiger partial charge in [0.05, 0.1) is 4.90 Å². The van der Waals surface area contributed by atoms with Crippen LogP contribution in [-0.2, 0) is 9.84 Å². The number of benzene rings is 1. The SMILES string of the molecule is CSn1nc2c(=O)[nH]c(C)nc2c1S(=O)(=O)c1ccc(C(C)C)cc1. The zero-order valence-corrected chi connectivity index (χ0v) is 15.9. The Morgan fingerprint density at radius 1 is 1.16 bits per heavy atom. The molecule has 0 unspecified atom stereocenters. The fourth-order valence-corrected chi connectivity index (χ4v) is 4.84. The quantitative estimate of drug-likeness (QED) is 0.749. The zero-order chi connectivity index (χ0) is 18.4. The maximum atomic E-state index is 13.2. The van der Waals surface area contributed by atoms with Crippen molar-refractivity contribution in [2.24, 2.45) is 0 Å². The highest BCUT2D eigenvalue weighted by molar-refractivity contribution is 7.98. The van der Waals surface area contributed by atoms with Crippen molar-refractivity contribution in [2.75, 3.05) is 6.26 Å². The first kappa shape index (κ1) is 17.7. The average Bonchev–Trinajstić information content (AvgIpc) is 2.94. The van der Waals surface area contributed by atoms with Gasteiger partial charge in [-0.3, -0.25) is 4.79 Å². The van der Waals surface area contributed by atoms with Gasteiger partial charge in [0.15, 0.2) is 10.5 Å². The Morgan fingerprint density at radius 2 is 1.80 bits per heavy atom. The summed E-state index contributed by atoms with van der Waals surface area (Å²) in [7, 11) is -3.88. The highest BCUT2D eigenvalue weighted by atomic mass is 32.2. The molecule has 25 heavy (non-hydrogen) atoms. The molecule has 0 spiro atoms. The van der Waals surface area contributed by atoms with Gasteiger partial charge < -0.3 is 4.98 Å². The van der Waals surface area contributed by atoms with Crippen molar-refractivity contribution in [2.45, 2.75) is 36.6 Å². The molecule has 0 aliphatic carbocycles. The van der Waals surface area contributed by atoms with Gasteiger partial charge in [0.1, 0.15) is 11.3 Å². The molecule has 0 saturated carbocycles. The molecule has 1 N–H and O–H groups in total. The average molecular weight is 378 g/mol. The summed E-state index contributed by atoms with van der Waals surface area (Å²) in [6, 6.07) is 6.75. The van der Waals surface area contributed by atoms with Crippen molar-refractivity contribution in [1.29, 1.82) is 0 Å². The van der Waals surface area contributed by atoms with Gasteiger partial charge in [0, 0.05) is 6.26 Å². The Morgan fingerprint density at radius 3 is 2.36 bits per heavy atom. The lowest BCUT2D eigenvalue weighted by atomic mass is 10.0. The minimum absolute atomic E-state index is 0.0114. The summed E-state index contributed by atoms with van der Waals surface area (Å²) in [6.45, 7) is 5.68. The minimum atomic E-state index is -3.88. The molecule has 0 aliphatic heterocycles. The number of aryl methyl sites for hydroxylation is 1. The highest BCUT2D eigenvalue weighted by Crippen LogP contribution is 2.29. The third-order valence-corrected chi connectivity index (χ3v) is 6.36. The van der Waals surface area contributed by atoms with Crippen molar-refractivity contribution < 1.29 is 8.42 Å². The second-order valence-corrected chi connectivity index (χ2v) is 8.51. The highest BCUT2D eigenvalue weighted by Gasteiger charge is 2.29. The van der Waals surface area contributed by atoms with Crippen LogP contribution in [0.25, 0.3) is 11.0 Å². The maximum absolute atomic E-state index is 13.2. The first-order valence-electron chi connectivity index (χ1n) is 7.65. The molecular weight excluding hydrogens is 360 g/mol. The van der Waals surface area contributed by atoms with Crippen LogP contribution in [0.4, 0.5) is 0 Å². The predicted octanol–water partition coefficient (Wildman–Crippen LogP) is 2.51. The van der Waals surface area contributed by atoms with Gasteiger partial charge in [-0.05, 0) is 42.5 Å². The van der Waals surface area contributed by atoms with Crippen molar-refractivity contribution in [3.05, 3.63) is 46.0 Å². The summed E-state index contributed by atoms with van der Waals surface area (Å²) >= 11 is 1.10. The number of aromatic amines is 1. The Bertz CT molecular complexity index is 1100. The molecule has 132 valence electrons. The van der Waals surface area contributed by atoms with Gasteiger partial charge in [-0.25, -0.2) is 13.4 Å². The molecule has 0 bridgehead atoms. The summed E-state index contributed by atoms with van der Waals surface area (Å²) < 4.78 is 27.6. The summed E-state index contributed by atoms with van der Waals surface area (Å²) in [5.74, 6) is 0.641. The molecule has 0 atom stereocenters. The van der Waals surface area contributed by atoms with E-state index in [1.54, 1.807) is 37.4 Å². The van der Waals surface area contributed by atoms with E-state index < -0.39 is 15.4 Å². The van der Waals surface area contributed by atoms with Crippen LogP contribution >= 0.6 is 11.9 Å². The number of hydrogen-bond acceptors (Lipinski definition) is 6. The van der Waals surface area contributed by atoms with E-state index in [0.29, 0.717) is 11.7 Å². The smallest absolute Gasteiger partial charge is 0.279 e. The summed E-state index contributed by atoms with van der Waals surface area (Å²) in [5.41, 5.74) is 0.690. The second kappa shape index (κ2) is 6.30. The molecule has 0 saturated heterocycles. The molecule has 0 amide bonds. The topological polar surface area (TPSA) is 97.7 Å². The zero-order valence-electron chi connectivity index (χ0n) is 14.3. The first-order valence-corrected chi connectivity index (χ1v) is 10.3. The third kappa shape index (κ3) is 2.98. The second-order valence-electron chi connectivity index (χ2n) is 5.94. The Hall–Kier alpha value is -2.13. The van der Waals surface area contributed by atoms with Crippen LogP contribution in [-0.4, -0.2) is 33.8 Å². The number of fused-ring (bicyclic) bond motifs is 1. The fraction of sp³-hybridized carbons (Fsp3) is 0.312. The van der Waals surface area contributed by atoms with Crippen LogP contribution in [0.15, 0.2) is 39.0 Å². The van der Waals surface area contributed by atoms with Gasteiger partial charge in [-0.2, -0.15) is 9.19 Å². The molecule has 3 aromatic rings. The van der Waals surface area contributed by atoms with Crippen LogP contribution in [0.2, 0.25) is 0 Å². The lowest BCUT2D eigenvalue weighted by Gasteiger charge is -2.09. The molecule has 2 heterocycles. The monoisotopic (exact) mass is 378 g/mol. The van der Waals surface area contributed by atoms with E-state index >= 15 is 0 Å². The fourth-order valence-electron chi connectivity index (χ4n) is 2.55. The van der Waals surface area contributed by atoms with Crippen molar-refractivity contribution in [3.63, 3.8) is 0 Å². The largest absolute Gasteiger partial charge is 0.309 e. The van der Waals surface area contributed by atoms with E-state index in [1.165, 1.54) is 4.09 Å². The van der Waals surface area contributed by atoms with Crippen LogP contribution in [0, 0.1) is 6.92 Å². The maximum Gasteiger partial charge on any atom is 0.279 e. The number of H-pyrrole nitrogens is 1. The van der Waals surface area contributed by atoms with Crippen molar-refractivity contribution in [3.8, 4) is 0 Å². The number of aromatic nitrogens is 4. The number of hydrogen-bond donors (Lipinski definition) is 1. The predicted molar refractivity (Wildman–Crippen MR) is 97.8 cm³/mol. The lowest BCUT2D eigenvalue weighted by Crippen LogP contribution is -2.10. The molecule has 9 heteroatoms. The molecule has 0 aliphatic rings. The van der Waals surface area contributed by atoms with E-state index in [1.807, 2.05) is 13.8 Å². The number of rotatable bonds is 4. The lowest BCUT2D eigenvalue weighted by molar-refractivity contribution is 0.591. The van der Waals surface area contributed by atoms with Gasteiger partial charge in [-0.15, -0.1) is 0 Å². The Balaban J connectivity index is 2.28. The van der Waals surface area contributed by atoms with E-state index in [-0.39, 0.29) is 21.0 Å². The Labute approximate surface area is 149 Å². The van der Waals surface area contributed by atoms with E-state index in [2.05, 4.69) is 15.1 Å². The van der Waals surface area contributed by atoms with E-state index in [9.17, 15) is 13.2 Å². The van der Waals surface area contributed by atoms with Crippen LogP contribution < -0.4 is 5.56 Å². The van der Waals surface area contributed by atoms with Gasteiger partial charge in [-0.1, -0.05) is 26.0 Å². The number of nitrogens with one attached hydrogen (secondary N) is 1.